The van der Waals surface area contributed by atoms with Crippen molar-refractivity contribution in [1.82, 2.24) is 25.5 Å². The topological polar surface area (TPSA) is 55.6 Å². The van der Waals surface area contributed by atoms with Crippen molar-refractivity contribution < 1.29 is 0 Å². The zero-order chi connectivity index (χ0) is 11.1. The van der Waals surface area contributed by atoms with Gasteiger partial charge in [-0.1, -0.05) is 35.0 Å². The van der Waals surface area contributed by atoms with Gasteiger partial charge in [0.1, 0.15) is 0 Å². The molecule has 0 amide bonds. The second kappa shape index (κ2) is 7.05. The Morgan fingerprint density at radius 3 is 3.13 bits per heavy atom. The number of hydrogen-bond acceptors (Lipinski definition) is 5. The predicted octanol–water partition coefficient (Wildman–Crippen LogP) is 1.30. The first-order valence-corrected chi connectivity index (χ1v) is 6.06. The Labute approximate surface area is 102 Å². The summed E-state index contributed by atoms with van der Waals surface area (Å²) in [5.41, 5.74) is 1.34. The minimum Gasteiger partial charge on any atom is -0.318 e. The van der Waals surface area contributed by atoms with Crippen LogP contribution in [-0.4, -0.2) is 39.6 Å². The van der Waals surface area contributed by atoms with E-state index < -0.39 is 0 Å². The van der Waals surface area contributed by atoms with Gasteiger partial charge in [0, 0.05) is 22.9 Å². The molecule has 5 nitrogen and oxygen atoms in total. The van der Waals surface area contributed by atoms with Gasteiger partial charge >= 0.3 is 0 Å². The van der Waals surface area contributed by atoms with Crippen LogP contribution in [0.2, 0.25) is 0 Å². The maximum Gasteiger partial charge on any atom is 0.209 e. The van der Waals surface area contributed by atoms with Gasteiger partial charge in [-0.25, -0.2) is 4.68 Å². The van der Waals surface area contributed by atoms with Gasteiger partial charge in [-0.2, -0.15) is 0 Å². The first kappa shape index (κ1) is 12.8. The standard InChI is InChI=1S/C7H11Cl2N5S/c1-10-2-3-14-7(11-12-13-14)15-5-6(9)4-8/h4,10H,2-3,5H2,1H3. The molecule has 0 radical (unpaired) electrons. The summed E-state index contributed by atoms with van der Waals surface area (Å²) < 4.78 is 1.72. The van der Waals surface area contributed by atoms with Crippen LogP contribution in [0.25, 0.3) is 0 Å². The molecule has 1 rings (SSSR count). The second-order valence-corrected chi connectivity index (χ2v) is 4.28. The van der Waals surface area contributed by atoms with Gasteiger partial charge in [0.05, 0.1) is 6.54 Å². The third kappa shape index (κ3) is 4.38. The highest BCUT2D eigenvalue weighted by Crippen LogP contribution is 2.19. The molecule has 1 heterocycles. The summed E-state index contributed by atoms with van der Waals surface area (Å²) in [5.74, 6) is 0.574. The predicted molar refractivity (Wildman–Crippen MR) is 62.3 cm³/mol. The van der Waals surface area contributed by atoms with Crippen LogP contribution in [0.5, 0.6) is 0 Å². The van der Waals surface area contributed by atoms with E-state index in [4.69, 9.17) is 23.2 Å². The van der Waals surface area contributed by atoms with Crippen molar-refractivity contribution in [3.05, 3.63) is 10.6 Å². The lowest BCUT2D eigenvalue weighted by Crippen LogP contribution is -2.16. The van der Waals surface area contributed by atoms with Crippen molar-refractivity contribution in [3.8, 4) is 0 Å². The van der Waals surface area contributed by atoms with E-state index in [1.807, 2.05) is 7.05 Å². The van der Waals surface area contributed by atoms with Gasteiger partial charge < -0.3 is 5.32 Å². The largest absolute Gasteiger partial charge is 0.318 e. The maximum atomic E-state index is 5.76. The molecular weight excluding hydrogens is 257 g/mol. The van der Waals surface area contributed by atoms with E-state index >= 15 is 0 Å². The third-order valence-corrected chi connectivity index (χ3v) is 3.31. The Kier molecular flexibility index (Phi) is 6.00. The Balaban J connectivity index is 2.49. The molecule has 0 atom stereocenters. The monoisotopic (exact) mass is 267 g/mol. The minimum absolute atomic E-state index is 0.574. The van der Waals surface area contributed by atoms with E-state index in [2.05, 4.69) is 20.8 Å². The third-order valence-electron chi connectivity index (χ3n) is 1.53. The Bertz CT molecular complexity index is 327. The molecule has 1 aromatic rings. The van der Waals surface area contributed by atoms with Gasteiger partial charge in [-0.15, -0.1) is 5.10 Å². The molecule has 0 fully saturated rings. The molecule has 0 aliphatic rings. The minimum atomic E-state index is 0.574. The normalized spacial score (nSPS) is 12.1. The summed E-state index contributed by atoms with van der Waals surface area (Å²) in [6.45, 7) is 1.55. The molecule has 0 aliphatic heterocycles. The molecule has 8 heteroatoms. The van der Waals surface area contributed by atoms with E-state index in [9.17, 15) is 0 Å². The lowest BCUT2D eigenvalue weighted by atomic mass is 10.6. The molecule has 0 aliphatic carbocycles. The van der Waals surface area contributed by atoms with Crippen LogP contribution in [0.4, 0.5) is 0 Å². The van der Waals surface area contributed by atoms with E-state index in [0.29, 0.717) is 10.8 Å². The number of thioether (sulfide) groups is 1. The molecule has 1 N–H and O–H groups in total. The van der Waals surface area contributed by atoms with E-state index in [-0.39, 0.29) is 0 Å². The number of halogens is 2. The Morgan fingerprint density at radius 1 is 1.67 bits per heavy atom. The summed E-state index contributed by atoms with van der Waals surface area (Å²) in [6.07, 6.45) is 0. The first-order valence-electron chi connectivity index (χ1n) is 4.26. The molecule has 15 heavy (non-hydrogen) atoms. The maximum absolute atomic E-state index is 5.76. The summed E-state index contributed by atoms with van der Waals surface area (Å²) in [7, 11) is 1.88. The smallest absolute Gasteiger partial charge is 0.209 e. The van der Waals surface area contributed by atoms with Gasteiger partial charge in [0.2, 0.25) is 5.16 Å². The van der Waals surface area contributed by atoms with Crippen molar-refractivity contribution >= 4 is 35.0 Å². The summed E-state index contributed by atoms with van der Waals surface area (Å²) in [6, 6.07) is 0. The van der Waals surface area contributed by atoms with Gasteiger partial charge in [-0.05, 0) is 17.5 Å². The zero-order valence-electron chi connectivity index (χ0n) is 8.15. The average molecular weight is 268 g/mol. The number of rotatable bonds is 6. The van der Waals surface area contributed by atoms with Crippen molar-refractivity contribution in [3.63, 3.8) is 0 Å². The number of nitrogens with zero attached hydrogens (tertiary/aromatic N) is 4. The zero-order valence-corrected chi connectivity index (χ0v) is 10.5. The fourth-order valence-electron chi connectivity index (χ4n) is 0.823. The SMILES string of the molecule is CNCCn1nnnc1SCC(Cl)=CCl. The first-order chi connectivity index (χ1) is 7.27. The number of likely N-dealkylation sites (N-methyl/N-ethyl adjacent to an activating group) is 1. The molecule has 0 unspecified atom stereocenters. The molecule has 0 spiro atoms. The highest BCUT2D eigenvalue weighted by molar-refractivity contribution is 7.99. The van der Waals surface area contributed by atoms with E-state index in [1.54, 1.807) is 4.68 Å². The number of hydrogen-bond donors (Lipinski definition) is 1. The second-order valence-electron chi connectivity index (χ2n) is 2.63. The van der Waals surface area contributed by atoms with Crippen LogP contribution in [0, 0.1) is 0 Å². The van der Waals surface area contributed by atoms with Crippen molar-refractivity contribution in [2.45, 2.75) is 11.7 Å². The van der Waals surface area contributed by atoms with Gasteiger partial charge in [-0.3, -0.25) is 0 Å². The quantitative estimate of drug-likeness (QED) is 0.788. The van der Waals surface area contributed by atoms with Gasteiger partial charge in [0.15, 0.2) is 0 Å². The highest BCUT2D eigenvalue weighted by atomic mass is 35.5. The molecule has 1 aromatic heterocycles. The molecule has 0 saturated carbocycles. The summed E-state index contributed by atoms with van der Waals surface area (Å²) in [5, 5.41) is 15.7. The van der Waals surface area contributed by atoms with Crippen LogP contribution < -0.4 is 5.32 Å². The van der Waals surface area contributed by atoms with E-state index in [0.717, 1.165) is 18.2 Å². The Hall–Kier alpha value is -0.300. The summed E-state index contributed by atoms with van der Waals surface area (Å²) >= 11 is 12.6. The van der Waals surface area contributed by atoms with Gasteiger partial charge in [0.25, 0.3) is 0 Å². The van der Waals surface area contributed by atoms with Crippen LogP contribution in [0.15, 0.2) is 15.7 Å². The molecule has 0 aromatic carbocycles. The van der Waals surface area contributed by atoms with Crippen molar-refractivity contribution in [2.75, 3.05) is 19.3 Å². The fraction of sp³-hybridized carbons (Fsp3) is 0.571. The molecule has 0 saturated heterocycles. The Morgan fingerprint density at radius 2 is 2.47 bits per heavy atom. The van der Waals surface area contributed by atoms with Crippen LogP contribution in [0.3, 0.4) is 0 Å². The summed E-state index contributed by atoms with van der Waals surface area (Å²) in [4.78, 5) is 0. The van der Waals surface area contributed by atoms with Crippen LogP contribution in [0.1, 0.15) is 0 Å². The number of nitrogens with one attached hydrogen (secondary N) is 1. The highest BCUT2D eigenvalue weighted by Gasteiger charge is 2.06. The van der Waals surface area contributed by atoms with E-state index in [1.165, 1.54) is 17.3 Å². The molecular formula is C7H11Cl2N5S. The number of tetrazole rings is 1. The molecule has 84 valence electrons. The van der Waals surface area contributed by atoms with Crippen LogP contribution in [-0.2, 0) is 6.54 Å². The van der Waals surface area contributed by atoms with Crippen molar-refractivity contribution in [2.24, 2.45) is 0 Å². The van der Waals surface area contributed by atoms with Crippen LogP contribution >= 0.6 is 35.0 Å². The lowest BCUT2D eigenvalue weighted by molar-refractivity contribution is 0.530. The lowest BCUT2D eigenvalue weighted by Gasteiger charge is -2.02. The van der Waals surface area contributed by atoms with Crippen molar-refractivity contribution in [1.29, 1.82) is 0 Å². The average Bonchev–Trinajstić information content (AvgIpc) is 2.70. The number of aromatic nitrogens is 4. The molecule has 0 bridgehead atoms. The fourth-order valence-corrected chi connectivity index (χ4v) is 1.88.